The fourth-order valence-corrected chi connectivity index (χ4v) is 3.33. The van der Waals surface area contributed by atoms with E-state index in [0.717, 1.165) is 44.1 Å². The molecule has 0 atom stereocenters. The summed E-state index contributed by atoms with van der Waals surface area (Å²) in [5.74, 6) is 1.60. The van der Waals surface area contributed by atoms with E-state index in [2.05, 4.69) is 15.3 Å². The summed E-state index contributed by atoms with van der Waals surface area (Å²) >= 11 is 0. The SMILES string of the molecule is CCOCC1(CNc2cc(C3CC(N)C3)nc(N)n2)CCC1. The number of hydrogen-bond acceptors (Lipinski definition) is 6. The first-order chi connectivity index (χ1) is 10.6. The quantitative estimate of drug-likeness (QED) is 0.711. The van der Waals surface area contributed by atoms with Crippen LogP contribution in [0.3, 0.4) is 0 Å². The van der Waals surface area contributed by atoms with Crippen molar-refractivity contribution in [1.82, 2.24) is 9.97 Å². The van der Waals surface area contributed by atoms with Gasteiger partial charge in [-0.15, -0.1) is 0 Å². The minimum atomic E-state index is 0.259. The lowest BCUT2D eigenvalue weighted by atomic mass is 9.69. The molecule has 6 nitrogen and oxygen atoms in total. The molecule has 5 N–H and O–H groups in total. The average Bonchev–Trinajstić information content (AvgIpc) is 2.42. The first-order valence-electron chi connectivity index (χ1n) is 8.32. The maximum Gasteiger partial charge on any atom is 0.222 e. The molecule has 0 spiro atoms. The molecule has 2 saturated carbocycles. The molecule has 0 amide bonds. The van der Waals surface area contributed by atoms with Gasteiger partial charge in [-0.2, -0.15) is 4.98 Å². The Labute approximate surface area is 132 Å². The van der Waals surface area contributed by atoms with Gasteiger partial charge in [0, 0.05) is 36.6 Å². The summed E-state index contributed by atoms with van der Waals surface area (Å²) in [6, 6.07) is 2.34. The van der Waals surface area contributed by atoms with Gasteiger partial charge in [0.05, 0.1) is 12.3 Å². The lowest BCUT2D eigenvalue weighted by Gasteiger charge is -2.41. The Morgan fingerprint density at radius 3 is 2.73 bits per heavy atom. The second-order valence-electron chi connectivity index (χ2n) is 6.81. The largest absolute Gasteiger partial charge is 0.381 e. The number of nitrogen functional groups attached to an aromatic ring is 1. The minimum absolute atomic E-state index is 0.259. The molecule has 22 heavy (non-hydrogen) atoms. The van der Waals surface area contributed by atoms with Crippen LogP contribution in [0.5, 0.6) is 0 Å². The third-order valence-electron chi connectivity index (χ3n) is 5.03. The highest BCUT2D eigenvalue weighted by atomic mass is 16.5. The zero-order chi connectivity index (χ0) is 15.6. The zero-order valence-corrected chi connectivity index (χ0v) is 13.3. The summed E-state index contributed by atoms with van der Waals surface area (Å²) in [5, 5.41) is 3.45. The van der Waals surface area contributed by atoms with Crippen LogP contribution < -0.4 is 16.8 Å². The summed E-state index contributed by atoms with van der Waals surface area (Å²) in [4.78, 5) is 8.68. The second-order valence-corrected chi connectivity index (χ2v) is 6.81. The van der Waals surface area contributed by atoms with Crippen LogP contribution in [0.4, 0.5) is 11.8 Å². The van der Waals surface area contributed by atoms with E-state index < -0.39 is 0 Å². The van der Waals surface area contributed by atoms with E-state index in [0.29, 0.717) is 17.9 Å². The molecule has 3 rings (SSSR count). The molecule has 6 heteroatoms. The van der Waals surface area contributed by atoms with E-state index in [1.165, 1.54) is 19.3 Å². The Morgan fingerprint density at radius 2 is 2.14 bits per heavy atom. The number of aromatic nitrogens is 2. The van der Waals surface area contributed by atoms with Crippen molar-refractivity contribution in [2.45, 2.75) is 51.0 Å². The fraction of sp³-hybridized carbons (Fsp3) is 0.750. The van der Waals surface area contributed by atoms with Crippen molar-refractivity contribution in [3.05, 3.63) is 11.8 Å². The van der Waals surface area contributed by atoms with Crippen LogP contribution in [0, 0.1) is 5.41 Å². The maximum atomic E-state index is 5.87. The Balaban J connectivity index is 1.62. The highest BCUT2D eigenvalue weighted by Gasteiger charge is 2.37. The predicted molar refractivity (Wildman–Crippen MR) is 87.7 cm³/mol. The van der Waals surface area contributed by atoms with Crippen LogP contribution in [-0.2, 0) is 4.74 Å². The molecular formula is C16H27N5O. The highest BCUT2D eigenvalue weighted by Crippen LogP contribution is 2.41. The third kappa shape index (κ3) is 3.33. The lowest BCUT2D eigenvalue weighted by molar-refractivity contribution is 0.00798. The van der Waals surface area contributed by atoms with E-state index in [4.69, 9.17) is 16.2 Å². The van der Waals surface area contributed by atoms with Gasteiger partial charge >= 0.3 is 0 Å². The number of ether oxygens (including phenoxy) is 1. The Kier molecular flexibility index (Phi) is 4.49. The van der Waals surface area contributed by atoms with Crippen LogP contribution in [0.2, 0.25) is 0 Å². The molecule has 0 aromatic carbocycles. The lowest BCUT2D eigenvalue weighted by Crippen LogP contribution is -2.41. The van der Waals surface area contributed by atoms with Gasteiger partial charge < -0.3 is 21.5 Å². The monoisotopic (exact) mass is 305 g/mol. The molecule has 0 bridgehead atoms. The van der Waals surface area contributed by atoms with Gasteiger partial charge in [-0.1, -0.05) is 6.42 Å². The van der Waals surface area contributed by atoms with Crippen molar-refractivity contribution in [3.63, 3.8) is 0 Å². The topological polar surface area (TPSA) is 99.1 Å². The van der Waals surface area contributed by atoms with Crippen LogP contribution in [0.15, 0.2) is 6.07 Å². The fourth-order valence-electron chi connectivity index (χ4n) is 3.33. The van der Waals surface area contributed by atoms with Gasteiger partial charge in [0.2, 0.25) is 5.95 Å². The van der Waals surface area contributed by atoms with Crippen molar-refractivity contribution in [2.24, 2.45) is 11.1 Å². The van der Waals surface area contributed by atoms with Crippen LogP contribution >= 0.6 is 0 Å². The van der Waals surface area contributed by atoms with Gasteiger partial charge in [0.1, 0.15) is 5.82 Å². The van der Waals surface area contributed by atoms with E-state index in [1.807, 2.05) is 13.0 Å². The standard InChI is InChI=1S/C16H27N5O/c1-2-22-10-16(4-3-5-16)9-19-14-8-13(20-15(18)21-14)11-6-12(17)7-11/h8,11-12H,2-7,9-10,17H2,1H3,(H3,18,19,20,21). The highest BCUT2D eigenvalue weighted by molar-refractivity contribution is 5.42. The summed E-state index contributed by atoms with van der Waals surface area (Å²) in [7, 11) is 0. The van der Waals surface area contributed by atoms with Crippen molar-refractivity contribution in [2.75, 3.05) is 30.8 Å². The van der Waals surface area contributed by atoms with E-state index in [9.17, 15) is 0 Å². The Bertz CT molecular complexity index is 511. The van der Waals surface area contributed by atoms with Crippen molar-refractivity contribution in [3.8, 4) is 0 Å². The normalized spacial score (nSPS) is 26.1. The molecule has 1 aromatic rings. The van der Waals surface area contributed by atoms with Crippen LogP contribution in [0.1, 0.15) is 50.6 Å². The van der Waals surface area contributed by atoms with Gasteiger partial charge in [-0.25, -0.2) is 4.98 Å². The minimum Gasteiger partial charge on any atom is -0.381 e. The summed E-state index contributed by atoms with van der Waals surface area (Å²) in [5.41, 5.74) is 13.0. The van der Waals surface area contributed by atoms with E-state index >= 15 is 0 Å². The first kappa shape index (κ1) is 15.5. The predicted octanol–water partition coefficient (Wildman–Crippen LogP) is 1.88. The molecule has 1 aromatic heterocycles. The van der Waals surface area contributed by atoms with Crippen molar-refractivity contribution >= 4 is 11.8 Å². The van der Waals surface area contributed by atoms with Crippen molar-refractivity contribution < 1.29 is 4.74 Å². The van der Waals surface area contributed by atoms with Crippen molar-refractivity contribution in [1.29, 1.82) is 0 Å². The molecule has 0 radical (unpaired) electrons. The number of nitrogens with two attached hydrogens (primary N) is 2. The molecular weight excluding hydrogens is 278 g/mol. The Morgan fingerprint density at radius 1 is 1.36 bits per heavy atom. The van der Waals surface area contributed by atoms with Crippen LogP contribution in [0.25, 0.3) is 0 Å². The summed E-state index contributed by atoms with van der Waals surface area (Å²) < 4.78 is 5.64. The number of hydrogen-bond donors (Lipinski definition) is 3. The summed E-state index contributed by atoms with van der Waals surface area (Å²) in [6.45, 7) is 4.52. The third-order valence-corrected chi connectivity index (χ3v) is 5.03. The number of anilines is 2. The van der Waals surface area contributed by atoms with Crippen LogP contribution in [-0.4, -0.2) is 35.8 Å². The molecule has 2 fully saturated rings. The van der Waals surface area contributed by atoms with Gasteiger partial charge in [0.15, 0.2) is 0 Å². The molecule has 2 aliphatic carbocycles. The molecule has 2 aliphatic rings. The van der Waals surface area contributed by atoms with E-state index in [-0.39, 0.29) is 5.41 Å². The molecule has 0 unspecified atom stereocenters. The van der Waals surface area contributed by atoms with E-state index in [1.54, 1.807) is 0 Å². The maximum absolute atomic E-state index is 5.87. The second kappa shape index (κ2) is 6.38. The number of nitrogens with one attached hydrogen (secondary N) is 1. The zero-order valence-electron chi connectivity index (χ0n) is 13.3. The summed E-state index contributed by atoms with van der Waals surface area (Å²) in [6.07, 6.45) is 5.69. The molecule has 0 aliphatic heterocycles. The average molecular weight is 305 g/mol. The Hall–Kier alpha value is -1.40. The first-order valence-corrected chi connectivity index (χ1v) is 8.32. The van der Waals surface area contributed by atoms with Gasteiger partial charge in [0.25, 0.3) is 0 Å². The van der Waals surface area contributed by atoms with Gasteiger partial charge in [-0.3, -0.25) is 0 Å². The molecule has 1 heterocycles. The molecule has 122 valence electrons. The smallest absolute Gasteiger partial charge is 0.222 e. The van der Waals surface area contributed by atoms with Gasteiger partial charge in [-0.05, 0) is 32.6 Å². The molecule has 0 saturated heterocycles. The number of nitrogens with zero attached hydrogens (tertiary/aromatic N) is 2. The number of rotatable bonds is 7.